The number of likely N-dealkylation sites (tertiary alicyclic amines) is 1. The van der Waals surface area contributed by atoms with Crippen LogP contribution in [0.5, 0.6) is 0 Å². The highest BCUT2D eigenvalue weighted by Crippen LogP contribution is 2.32. The normalized spacial score (nSPS) is 18.8. The van der Waals surface area contributed by atoms with Crippen LogP contribution in [0.4, 0.5) is 13.2 Å². The van der Waals surface area contributed by atoms with Gasteiger partial charge in [0.15, 0.2) is 0 Å². The van der Waals surface area contributed by atoms with Gasteiger partial charge >= 0.3 is 6.18 Å². The quantitative estimate of drug-likeness (QED) is 0.645. The van der Waals surface area contributed by atoms with Crippen molar-refractivity contribution in [1.29, 1.82) is 0 Å². The number of halogens is 4. The third-order valence-electron chi connectivity index (χ3n) is 6.20. The SMILES string of the molecule is O=C(NCC1CCN(CCNC(=O)C2CCCC2)CC1)c1cc(Cl)cc(C(F)(F)F)c1. The lowest BCUT2D eigenvalue weighted by Gasteiger charge is -2.32. The molecule has 2 amide bonds. The third-order valence-corrected chi connectivity index (χ3v) is 6.42. The number of nitrogens with zero attached hydrogens (tertiary/aromatic N) is 1. The first-order chi connectivity index (χ1) is 14.7. The maximum Gasteiger partial charge on any atom is 0.416 e. The van der Waals surface area contributed by atoms with Gasteiger partial charge in [0.2, 0.25) is 5.91 Å². The van der Waals surface area contributed by atoms with Crippen LogP contribution in [0.25, 0.3) is 0 Å². The van der Waals surface area contributed by atoms with E-state index in [2.05, 4.69) is 15.5 Å². The van der Waals surface area contributed by atoms with Crippen LogP contribution in [0.3, 0.4) is 0 Å². The lowest BCUT2D eigenvalue weighted by Crippen LogP contribution is -2.42. The smallest absolute Gasteiger partial charge is 0.355 e. The molecule has 1 aliphatic carbocycles. The Morgan fingerprint density at radius 3 is 2.35 bits per heavy atom. The predicted octanol–water partition coefficient (Wildman–Crippen LogP) is 4.11. The predicted molar refractivity (Wildman–Crippen MR) is 113 cm³/mol. The molecular weight excluding hydrogens is 431 g/mol. The lowest BCUT2D eigenvalue weighted by atomic mass is 9.96. The molecule has 1 aromatic carbocycles. The molecule has 2 N–H and O–H groups in total. The summed E-state index contributed by atoms with van der Waals surface area (Å²) in [5, 5.41) is 5.65. The van der Waals surface area contributed by atoms with Gasteiger partial charge in [-0.1, -0.05) is 24.4 Å². The first-order valence-electron chi connectivity index (χ1n) is 10.9. The van der Waals surface area contributed by atoms with Gasteiger partial charge in [-0.3, -0.25) is 9.59 Å². The summed E-state index contributed by atoms with van der Waals surface area (Å²) in [4.78, 5) is 26.7. The minimum Gasteiger partial charge on any atom is -0.355 e. The van der Waals surface area contributed by atoms with Gasteiger partial charge in [0.25, 0.3) is 5.91 Å². The van der Waals surface area contributed by atoms with Crippen molar-refractivity contribution >= 4 is 23.4 Å². The Kier molecular flexibility index (Phi) is 8.22. The summed E-state index contributed by atoms with van der Waals surface area (Å²) < 4.78 is 38.8. The number of amides is 2. The van der Waals surface area contributed by atoms with Crippen molar-refractivity contribution < 1.29 is 22.8 Å². The highest BCUT2D eigenvalue weighted by atomic mass is 35.5. The summed E-state index contributed by atoms with van der Waals surface area (Å²) in [6.45, 7) is 3.61. The van der Waals surface area contributed by atoms with E-state index >= 15 is 0 Å². The molecule has 5 nitrogen and oxygen atoms in total. The molecule has 0 bridgehead atoms. The van der Waals surface area contributed by atoms with E-state index in [1.54, 1.807) is 0 Å². The molecule has 1 heterocycles. The number of nitrogens with one attached hydrogen (secondary N) is 2. The Morgan fingerprint density at radius 1 is 1.03 bits per heavy atom. The highest BCUT2D eigenvalue weighted by molar-refractivity contribution is 6.31. The van der Waals surface area contributed by atoms with E-state index in [0.29, 0.717) is 13.1 Å². The number of hydrogen-bond donors (Lipinski definition) is 2. The molecule has 31 heavy (non-hydrogen) atoms. The fraction of sp³-hybridized carbons (Fsp3) is 0.636. The molecule has 172 valence electrons. The van der Waals surface area contributed by atoms with Gasteiger partial charge in [0.05, 0.1) is 5.56 Å². The number of rotatable bonds is 7. The van der Waals surface area contributed by atoms with E-state index < -0.39 is 17.6 Å². The van der Waals surface area contributed by atoms with Crippen molar-refractivity contribution in [1.82, 2.24) is 15.5 Å². The van der Waals surface area contributed by atoms with Gasteiger partial charge in [-0.25, -0.2) is 0 Å². The van der Waals surface area contributed by atoms with E-state index in [1.165, 1.54) is 6.07 Å². The topological polar surface area (TPSA) is 61.4 Å². The molecule has 9 heteroatoms. The van der Waals surface area contributed by atoms with Crippen molar-refractivity contribution in [2.24, 2.45) is 11.8 Å². The summed E-state index contributed by atoms with van der Waals surface area (Å²) >= 11 is 5.75. The molecule has 2 fully saturated rings. The van der Waals surface area contributed by atoms with Crippen molar-refractivity contribution in [2.75, 3.05) is 32.7 Å². The van der Waals surface area contributed by atoms with Gasteiger partial charge < -0.3 is 15.5 Å². The minimum absolute atomic E-state index is 0.0877. The molecule has 0 aromatic heterocycles. The fourth-order valence-electron chi connectivity index (χ4n) is 4.31. The van der Waals surface area contributed by atoms with Crippen LogP contribution in [0.1, 0.15) is 54.4 Å². The van der Waals surface area contributed by atoms with Crippen LogP contribution in [-0.2, 0) is 11.0 Å². The number of hydrogen-bond acceptors (Lipinski definition) is 3. The molecule has 0 unspecified atom stereocenters. The largest absolute Gasteiger partial charge is 0.416 e. The fourth-order valence-corrected chi connectivity index (χ4v) is 4.54. The summed E-state index contributed by atoms with van der Waals surface area (Å²) in [6, 6.07) is 2.88. The zero-order valence-corrected chi connectivity index (χ0v) is 18.2. The number of benzene rings is 1. The summed E-state index contributed by atoms with van der Waals surface area (Å²) in [6.07, 6.45) is 1.50. The molecule has 1 saturated heterocycles. The Labute approximate surface area is 185 Å². The molecule has 0 radical (unpaired) electrons. The Hall–Kier alpha value is -1.80. The highest BCUT2D eigenvalue weighted by Gasteiger charge is 2.32. The Morgan fingerprint density at radius 2 is 1.71 bits per heavy atom. The molecular formula is C22H29ClF3N3O2. The molecule has 3 rings (SSSR count). The molecule has 1 aromatic rings. The van der Waals surface area contributed by atoms with Crippen LogP contribution in [-0.4, -0.2) is 49.4 Å². The van der Waals surface area contributed by atoms with Gasteiger partial charge in [-0.2, -0.15) is 13.2 Å². The van der Waals surface area contributed by atoms with Gasteiger partial charge in [-0.05, 0) is 62.9 Å². The van der Waals surface area contributed by atoms with Crippen molar-refractivity contribution in [3.63, 3.8) is 0 Å². The maximum atomic E-state index is 12.9. The molecule has 2 aliphatic rings. The van der Waals surface area contributed by atoms with Crippen molar-refractivity contribution in [3.05, 3.63) is 34.3 Å². The van der Waals surface area contributed by atoms with Crippen LogP contribution in [0.15, 0.2) is 18.2 Å². The number of piperidine rings is 1. The van der Waals surface area contributed by atoms with Gasteiger partial charge in [0.1, 0.15) is 0 Å². The van der Waals surface area contributed by atoms with Crippen LogP contribution >= 0.6 is 11.6 Å². The summed E-state index contributed by atoms with van der Waals surface area (Å²) in [5.41, 5.74) is -1.02. The minimum atomic E-state index is -4.55. The number of carbonyl (C=O) groups is 2. The van der Waals surface area contributed by atoms with Crippen molar-refractivity contribution in [2.45, 2.75) is 44.7 Å². The second-order valence-electron chi connectivity index (χ2n) is 8.49. The van der Waals surface area contributed by atoms with E-state index in [1.807, 2.05) is 0 Å². The average molecular weight is 460 g/mol. The lowest BCUT2D eigenvalue weighted by molar-refractivity contribution is -0.137. The van der Waals surface area contributed by atoms with E-state index in [-0.39, 0.29) is 28.3 Å². The molecule has 1 aliphatic heterocycles. The summed E-state index contributed by atoms with van der Waals surface area (Å²) in [7, 11) is 0. The first-order valence-corrected chi connectivity index (χ1v) is 11.3. The zero-order chi connectivity index (χ0) is 22.4. The van der Waals surface area contributed by atoms with Crippen molar-refractivity contribution in [3.8, 4) is 0 Å². The van der Waals surface area contributed by atoms with E-state index in [9.17, 15) is 22.8 Å². The maximum absolute atomic E-state index is 12.9. The first kappa shape index (κ1) is 23.9. The van der Waals surface area contributed by atoms with Crippen LogP contribution < -0.4 is 10.6 Å². The van der Waals surface area contributed by atoms with E-state index in [4.69, 9.17) is 11.6 Å². The second kappa shape index (κ2) is 10.7. The summed E-state index contributed by atoms with van der Waals surface area (Å²) in [5.74, 6) is 0.0745. The average Bonchev–Trinajstić information content (AvgIpc) is 3.27. The second-order valence-corrected chi connectivity index (χ2v) is 8.93. The Balaban J connectivity index is 1.37. The third kappa shape index (κ3) is 7.10. The molecule has 0 atom stereocenters. The number of alkyl halides is 3. The van der Waals surface area contributed by atoms with Crippen LogP contribution in [0.2, 0.25) is 5.02 Å². The van der Waals surface area contributed by atoms with Crippen LogP contribution in [0, 0.1) is 11.8 Å². The van der Waals surface area contributed by atoms with E-state index in [0.717, 1.165) is 70.3 Å². The van der Waals surface area contributed by atoms with Gasteiger partial charge in [0, 0.05) is 36.1 Å². The number of carbonyl (C=O) groups excluding carboxylic acids is 2. The molecule has 1 saturated carbocycles. The zero-order valence-electron chi connectivity index (χ0n) is 17.4. The Bertz CT molecular complexity index is 774. The van der Waals surface area contributed by atoms with Gasteiger partial charge in [-0.15, -0.1) is 0 Å². The molecule has 0 spiro atoms. The standard InChI is InChI=1S/C22H29ClF3N3O2/c23-19-12-17(11-18(13-19)22(24,25)26)21(31)28-14-15-5-8-29(9-6-15)10-7-27-20(30)16-3-1-2-4-16/h11-13,15-16H,1-10,14H2,(H,27,30)(H,28,31). The monoisotopic (exact) mass is 459 g/mol.